The minimum absolute atomic E-state index is 0.175. The zero-order valence-electron chi connectivity index (χ0n) is 8.92. The van der Waals surface area contributed by atoms with Gasteiger partial charge in [-0.15, -0.1) is 0 Å². The standard InChI is InChI=1S/C10H8Cl2FN5/c11-6-2-1-5(13)3-8(6)16-9-7(12)4-15-10(17-9)18-14/h1-4H,14H2,(H2,15,16,17,18). The van der Waals surface area contributed by atoms with Crippen LogP contribution in [0.15, 0.2) is 24.4 Å². The molecule has 18 heavy (non-hydrogen) atoms. The van der Waals surface area contributed by atoms with E-state index in [9.17, 15) is 4.39 Å². The fourth-order valence-electron chi connectivity index (χ4n) is 1.25. The van der Waals surface area contributed by atoms with Crippen molar-refractivity contribution in [2.45, 2.75) is 0 Å². The Hall–Kier alpha value is -1.63. The maximum absolute atomic E-state index is 13.1. The first kappa shape index (κ1) is 12.8. The molecule has 1 heterocycles. The molecule has 1 aromatic heterocycles. The molecule has 0 aliphatic heterocycles. The van der Waals surface area contributed by atoms with Gasteiger partial charge in [0.05, 0.1) is 16.9 Å². The molecule has 0 unspecified atom stereocenters. The van der Waals surface area contributed by atoms with Crippen molar-refractivity contribution in [3.8, 4) is 0 Å². The highest BCUT2D eigenvalue weighted by molar-refractivity contribution is 6.34. The van der Waals surface area contributed by atoms with Crippen LogP contribution >= 0.6 is 23.2 Å². The van der Waals surface area contributed by atoms with Crippen molar-refractivity contribution in [3.05, 3.63) is 40.3 Å². The molecule has 0 radical (unpaired) electrons. The summed E-state index contributed by atoms with van der Waals surface area (Å²) in [5, 5.41) is 3.41. The van der Waals surface area contributed by atoms with Gasteiger partial charge in [-0.25, -0.2) is 15.2 Å². The second kappa shape index (κ2) is 5.34. The van der Waals surface area contributed by atoms with Crippen LogP contribution in [0.5, 0.6) is 0 Å². The Morgan fingerprint density at radius 2 is 2.00 bits per heavy atom. The number of nitrogens with two attached hydrogens (primary N) is 1. The number of benzene rings is 1. The van der Waals surface area contributed by atoms with Crippen molar-refractivity contribution in [1.82, 2.24) is 9.97 Å². The quantitative estimate of drug-likeness (QED) is 0.598. The van der Waals surface area contributed by atoms with Gasteiger partial charge < -0.3 is 5.32 Å². The maximum Gasteiger partial charge on any atom is 0.239 e. The van der Waals surface area contributed by atoms with E-state index in [-0.39, 0.29) is 16.8 Å². The first-order valence-corrected chi connectivity index (χ1v) is 5.57. The highest BCUT2D eigenvalue weighted by Gasteiger charge is 2.08. The van der Waals surface area contributed by atoms with Gasteiger partial charge >= 0.3 is 0 Å². The zero-order chi connectivity index (χ0) is 13.1. The van der Waals surface area contributed by atoms with Gasteiger partial charge in [0.15, 0.2) is 5.82 Å². The van der Waals surface area contributed by atoms with Crippen LogP contribution in [0.1, 0.15) is 0 Å². The van der Waals surface area contributed by atoms with E-state index in [0.717, 1.165) is 0 Å². The number of hydrazine groups is 1. The summed E-state index contributed by atoms with van der Waals surface area (Å²) in [6.45, 7) is 0. The van der Waals surface area contributed by atoms with Crippen LogP contribution in [0.3, 0.4) is 0 Å². The van der Waals surface area contributed by atoms with Crippen LogP contribution in [0, 0.1) is 5.82 Å². The van der Waals surface area contributed by atoms with E-state index >= 15 is 0 Å². The normalized spacial score (nSPS) is 10.2. The lowest BCUT2D eigenvalue weighted by Crippen LogP contribution is -2.11. The SMILES string of the molecule is NNc1ncc(Cl)c(Nc2cc(F)ccc2Cl)n1. The number of hydrogen-bond donors (Lipinski definition) is 3. The fourth-order valence-corrected chi connectivity index (χ4v) is 1.55. The van der Waals surface area contributed by atoms with E-state index in [1.807, 2.05) is 0 Å². The number of rotatable bonds is 3. The molecule has 0 fully saturated rings. The third-order valence-corrected chi connectivity index (χ3v) is 2.66. The fraction of sp³-hybridized carbons (Fsp3) is 0. The van der Waals surface area contributed by atoms with Crippen molar-refractivity contribution >= 4 is 40.7 Å². The third kappa shape index (κ3) is 2.79. The van der Waals surface area contributed by atoms with Gasteiger partial charge in [-0.2, -0.15) is 4.98 Å². The molecular weight excluding hydrogens is 280 g/mol. The van der Waals surface area contributed by atoms with E-state index in [1.165, 1.54) is 24.4 Å². The first-order chi connectivity index (χ1) is 8.60. The second-order valence-corrected chi connectivity index (χ2v) is 4.10. The highest BCUT2D eigenvalue weighted by atomic mass is 35.5. The van der Waals surface area contributed by atoms with Crippen molar-refractivity contribution in [2.75, 3.05) is 10.7 Å². The number of anilines is 3. The second-order valence-electron chi connectivity index (χ2n) is 3.28. The minimum atomic E-state index is -0.427. The van der Waals surface area contributed by atoms with Crippen LogP contribution in [0.2, 0.25) is 10.0 Å². The van der Waals surface area contributed by atoms with Crippen LogP contribution in [0.4, 0.5) is 21.8 Å². The largest absolute Gasteiger partial charge is 0.338 e. The topological polar surface area (TPSA) is 75.9 Å². The third-order valence-electron chi connectivity index (χ3n) is 2.05. The summed E-state index contributed by atoms with van der Waals surface area (Å²) in [4.78, 5) is 7.80. The lowest BCUT2D eigenvalue weighted by molar-refractivity contribution is 0.628. The zero-order valence-corrected chi connectivity index (χ0v) is 10.4. The van der Waals surface area contributed by atoms with E-state index in [2.05, 4.69) is 20.7 Å². The van der Waals surface area contributed by atoms with Gasteiger partial charge in [-0.05, 0) is 18.2 Å². The predicted octanol–water partition coefficient (Wildman–Crippen LogP) is 2.95. The molecule has 0 aliphatic carbocycles. The van der Waals surface area contributed by atoms with Gasteiger partial charge in [0, 0.05) is 0 Å². The summed E-state index contributed by atoms with van der Waals surface area (Å²) in [6.07, 6.45) is 1.36. The van der Waals surface area contributed by atoms with Crippen LogP contribution in [0.25, 0.3) is 0 Å². The Morgan fingerprint density at radius 3 is 2.72 bits per heavy atom. The number of hydrogen-bond acceptors (Lipinski definition) is 5. The molecule has 0 saturated carbocycles. The molecule has 0 saturated heterocycles. The van der Waals surface area contributed by atoms with Crippen molar-refractivity contribution < 1.29 is 4.39 Å². The maximum atomic E-state index is 13.1. The summed E-state index contributed by atoms with van der Waals surface area (Å²) in [6, 6.07) is 3.91. The minimum Gasteiger partial charge on any atom is -0.338 e. The van der Waals surface area contributed by atoms with Gasteiger partial charge in [0.25, 0.3) is 0 Å². The van der Waals surface area contributed by atoms with Gasteiger partial charge in [0.2, 0.25) is 5.95 Å². The number of nitrogen functional groups attached to an aromatic ring is 1. The van der Waals surface area contributed by atoms with Crippen molar-refractivity contribution in [2.24, 2.45) is 5.84 Å². The lowest BCUT2D eigenvalue weighted by atomic mass is 10.3. The summed E-state index contributed by atoms with van der Waals surface area (Å²) in [7, 11) is 0. The molecule has 8 heteroatoms. The van der Waals surface area contributed by atoms with Crippen molar-refractivity contribution in [1.29, 1.82) is 0 Å². The molecule has 0 spiro atoms. The smallest absolute Gasteiger partial charge is 0.239 e. The molecule has 94 valence electrons. The number of nitrogens with zero attached hydrogens (tertiary/aromatic N) is 2. The molecule has 0 aliphatic rings. The lowest BCUT2D eigenvalue weighted by Gasteiger charge is -2.10. The highest BCUT2D eigenvalue weighted by Crippen LogP contribution is 2.28. The van der Waals surface area contributed by atoms with Crippen molar-refractivity contribution in [3.63, 3.8) is 0 Å². The molecule has 0 amide bonds. The number of aromatic nitrogens is 2. The average Bonchev–Trinajstić information content (AvgIpc) is 2.36. The van der Waals surface area contributed by atoms with Crippen LogP contribution < -0.4 is 16.6 Å². The monoisotopic (exact) mass is 287 g/mol. The van der Waals surface area contributed by atoms with E-state index < -0.39 is 5.82 Å². The Bertz CT molecular complexity index is 578. The van der Waals surface area contributed by atoms with Crippen LogP contribution in [-0.4, -0.2) is 9.97 Å². The Morgan fingerprint density at radius 1 is 1.22 bits per heavy atom. The molecule has 0 bridgehead atoms. The average molecular weight is 288 g/mol. The molecule has 0 atom stereocenters. The van der Waals surface area contributed by atoms with Gasteiger partial charge in [-0.3, -0.25) is 5.43 Å². The molecule has 2 aromatic rings. The summed E-state index contributed by atoms with van der Waals surface area (Å²) in [5.41, 5.74) is 2.63. The molecular formula is C10H8Cl2FN5. The van der Waals surface area contributed by atoms with Gasteiger partial charge in [-0.1, -0.05) is 23.2 Å². The molecule has 1 aromatic carbocycles. The molecule has 5 nitrogen and oxygen atoms in total. The summed E-state index contributed by atoms with van der Waals surface area (Å²) in [5.74, 6) is 5.20. The molecule has 2 rings (SSSR count). The van der Waals surface area contributed by atoms with E-state index in [4.69, 9.17) is 29.0 Å². The number of nitrogens with one attached hydrogen (secondary N) is 2. The van der Waals surface area contributed by atoms with Gasteiger partial charge in [0.1, 0.15) is 10.8 Å². The molecule has 4 N–H and O–H groups in total. The summed E-state index contributed by atoms with van der Waals surface area (Å²) < 4.78 is 13.1. The number of halogens is 3. The Labute approximate surface area is 112 Å². The Balaban J connectivity index is 2.36. The predicted molar refractivity (Wildman–Crippen MR) is 69.5 cm³/mol. The Kier molecular flexibility index (Phi) is 3.81. The first-order valence-electron chi connectivity index (χ1n) is 4.81. The summed E-state index contributed by atoms with van der Waals surface area (Å²) >= 11 is 11.8. The van der Waals surface area contributed by atoms with E-state index in [1.54, 1.807) is 0 Å². The van der Waals surface area contributed by atoms with E-state index in [0.29, 0.717) is 10.7 Å². The van der Waals surface area contributed by atoms with Crippen LogP contribution in [-0.2, 0) is 0 Å².